The summed E-state index contributed by atoms with van der Waals surface area (Å²) in [5, 5.41) is 0. The molecule has 142 valence electrons. The largest absolute Gasteiger partial charge is 0.494 e. The lowest BCUT2D eigenvalue weighted by molar-refractivity contribution is 0.353. The highest BCUT2D eigenvalue weighted by Crippen LogP contribution is 2.31. The van der Waals surface area contributed by atoms with Gasteiger partial charge in [-0.1, -0.05) is 13.0 Å². The molecule has 2 aromatic rings. The van der Waals surface area contributed by atoms with Gasteiger partial charge in [-0.05, 0) is 29.8 Å². The number of nitrogens with zero attached hydrogens (tertiary/aromatic N) is 1. The molecule has 0 aliphatic heterocycles. The maximum absolute atomic E-state index is 13.9. The molecular formula is C18H22FNO5S. The summed E-state index contributed by atoms with van der Waals surface area (Å²) in [6.07, 6.45) is 0. The summed E-state index contributed by atoms with van der Waals surface area (Å²) >= 11 is 0. The average molecular weight is 383 g/mol. The Balaban J connectivity index is 2.34. The van der Waals surface area contributed by atoms with Gasteiger partial charge < -0.3 is 14.2 Å². The smallest absolute Gasteiger partial charge is 0.243 e. The van der Waals surface area contributed by atoms with E-state index in [2.05, 4.69) is 0 Å². The molecule has 2 aromatic carbocycles. The minimum Gasteiger partial charge on any atom is -0.494 e. The molecule has 0 radical (unpaired) electrons. The van der Waals surface area contributed by atoms with E-state index in [1.807, 2.05) is 0 Å². The molecule has 0 saturated carbocycles. The molecule has 0 spiro atoms. The predicted octanol–water partition coefficient (Wildman–Crippen LogP) is 3.06. The molecule has 26 heavy (non-hydrogen) atoms. The Labute approximate surface area is 153 Å². The summed E-state index contributed by atoms with van der Waals surface area (Å²) in [6, 6.07) is 8.77. The summed E-state index contributed by atoms with van der Waals surface area (Å²) in [6.45, 7) is 1.98. The van der Waals surface area contributed by atoms with Gasteiger partial charge in [-0.15, -0.1) is 0 Å². The molecule has 0 N–H and O–H groups in total. The molecule has 0 aliphatic rings. The molecule has 2 rings (SSSR count). The van der Waals surface area contributed by atoms with Crippen molar-refractivity contribution >= 4 is 10.0 Å². The first-order valence-corrected chi connectivity index (χ1v) is 9.36. The van der Waals surface area contributed by atoms with Crippen LogP contribution in [0.15, 0.2) is 41.3 Å². The third-order valence-electron chi connectivity index (χ3n) is 3.92. The number of ether oxygens (including phenoxy) is 3. The molecule has 0 fully saturated rings. The summed E-state index contributed by atoms with van der Waals surface area (Å²) in [5.41, 5.74) is 0.522. The van der Waals surface area contributed by atoms with Crippen LogP contribution in [0.1, 0.15) is 12.5 Å². The second-order valence-electron chi connectivity index (χ2n) is 5.42. The SMILES string of the molecule is CCN(Cc1ccc(OC)c(F)c1)S(=O)(=O)c1ccc(OC)c(OC)c1. The average Bonchev–Trinajstić information content (AvgIpc) is 2.65. The van der Waals surface area contributed by atoms with Crippen molar-refractivity contribution in [3.8, 4) is 17.2 Å². The summed E-state index contributed by atoms with van der Waals surface area (Å²) in [4.78, 5) is 0.0750. The zero-order valence-corrected chi connectivity index (χ0v) is 16.0. The maximum Gasteiger partial charge on any atom is 0.243 e. The number of methoxy groups -OCH3 is 3. The van der Waals surface area contributed by atoms with Crippen molar-refractivity contribution in [2.24, 2.45) is 0 Å². The van der Waals surface area contributed by atoms with Crippen molar-refractivity contribution in [1.82, 2.24) is 4.31 Å². The van der Waals surface area contributed by atoms with E-state index in [0.717, 1.165) is 0 Å². The van der Waals surface area contributed by atoms with Gasteiger partial charge in [-0.25, -0.2) is 12.8 Å². The predicted molar refractivity (Wildman–Crippen MR) is 95.8 cm³/mol. The molecule has 0 atom stereocenters. The van der Waals surface area contributed by atoms with Crippen LogP contribution in [-0.2, 0) is 16.6 Å². The van der Waals surface area contributed by atoms with Crippen molar-refractivity contribution in [1.29, 1.82) is 0 Å². The van der Waals surface area contributed by atoms with Crippen LogP contribution in [-0.4, -0.2) is 40.6 Å². The van der Waals surface area contributed by atoms with E-state index < -0.39 is 15.8 Å². The van der Waals surface area contributed by atoms with Crippen molar-refractivity contribution < 1.29 is 27.0 Å². The van der Waals surface area contributed by atoms with Crippen molar-refractivity contribution in [3.05, 3.63) is 47.8 Å². The van der Waals surface area contributed by atoms with Gasteiger partial charge in [-0.2, -0.15) is 4.31 Å². The summed E-state index contributed by atoms with van der Waals surface area (Å²) in [7, 11) is 0.493. The Hall–Kier alpha value is -2.32. The monoisotopic (exact) mass is 383 g/mol. The Morgan fingerprint density at radius 3 is 2.08 bits per heavy atom. The zero-order valence-electron chi connectivity index (χ0n) is 15.2. The van der Waals surface area contributed by atoms with Crippen LogP contribution >= 0.6 is 0 Å². The Kier molecular flexibility index (Phi) is 6.44. The van der Waals surface area contributed by atoms with Gasteiger partial charge in [0.1, 0.15) is 0 Å². The second-order valence-corrected chi connectivity index (χ2v) is 7.35. The van der Waals surface area contributed by atoms with Gasteiger partial charge in [0.15, 0.2) is 23.1 Å². The minimum absolute atomic E-state index is 0.0358. The van der Waals surface area contributed by atoms with E-state index in [1.54, 1.807) is 13.0 Å². The van der Waals surface area contributed by atoms with Gasteiger partial charge in [0.25, 0.3) is 0 Å². The van der Waals surface area contributed by atoms with Crippen LogP contribution in [0.5, 0.6) is 17.2 Å². The Bertz CT molecular complexity index is 870. The minimum atomic E-state index is -3.79. The molecule has 0 aliphatic carbocycles. The first kappa shape index (κ1) is 20.0. The van der Waals surface area contributed by atoms with Crippen molar-refractivity contribution in [3.63, 3.8) is 0 Å². The lowest BCUT2D eigenvalue weighted by Crippen LogP contribution is -2.30. The molecule has 0 saturated heterocycles. The van der Waals surface area contributed by atoms with Crippen LogP contribution in [0.2, 0.25) is 0 Å². The molecule has 0 unspecified atom stereocenters. The number of hydrogen-bond donors (Lipinski definition) is 0. The number of hydrogen-bond acceptors (Lipinski definition) is 5. The van der Waals surface area contributed by atoms with E-state index >= 15 is 0 Å². The highest BCUT2D eigenvalue weighted by molar-refractivity contribution is 7.89. The van der Waals surface area contributed by atoms with Crippen LogP contribution in [0, 0.1) is 5.82 Å². The molecular weight excluding hydrogens is 361 g/mol. The Morgan fingerprint density at radius 2 is 1.54 bits per heavy atom. The second kappa shape index (κ2) is 8.37. The van der Waals surface area contributed by atoms with E-state index in [0.29, 0.717) is 17.1 Å². The van der Waals surface area contributed by atoms with Crippen LogP contribution in [0.3, 0.4) is 0 Å². The van der Waals surface area contributed by atoms with Gasteiger partial charge in [0.05, 0.1) is 26.2 Å². The van der Waals surface area contributed by atoms with E-state index in [-0.39, 0.29) is 23.7 Å². The molecule has 0 heterocycles. The third kappa shape index (κ3) is 4.08. The van der Waals surface area contributed by atoms with Gasteiger partial charge in [0.2, 0.25) is 10.0 Å². The fraction of sp³-hybridized carbons (Fsp3) is 0.333. The fourth-order valence-corrected chi connectivity index (χ4v) is 3.96. The molecule has 0 amide bonds. The van der Waals surface area contributed by atoms with Crippen LogP contribution in [0.25, 0.3) is 0 Å². The summed E-state index contributed by atoms with van der Waals surface area (Å²) in [5.74, 6) is 0.330. The topological polar surface area (TPSA) is 65.1 Å². The molecule has 0 aromatic heterocycles. The maximum atomic E-state index is 13.9. The van der Waals surface area contributed by atoms with Crippen LogP contribution < -0.4 is 14.2 Å². The number of benzene rings is 2. The number of halogens is 1. The first-order chi connectivity index (χ1) is 12.4. The number of rotatable bonds is 8. The first-order valence-electron chi connectivity index (χ1n) is 7.92. The van der Waals surface area contributed by atoms with Crippen LogP contribution in [0.4, 0.5) is 4.39 Å². The Morgan fingerprint density at radius 1 is 0.923 bits per heavy atom. The highest BCUT2D eigenvalue weighted by atomic mass is 32.2. The van der Waals surface area contributed by atoms with Gasteiger partial charge in [0, 0.05) is 19.2 Å². The highest BCUT2D eigenvalue weighted by Gasteiger charge is 2.25. The van der Waals surface area contributed by atoms with Gasteiger partial charge >= 0.3 is 0 Å². The quantitative estimate of drug-likeness (QED) is 0.701. The third-order valence-corrected chi connectivity index (χ3v) is 5.84. The molecule has 8 heteroatoms. The summed E-state index contributed by atoms with van der Waals surface area (Å²) < 4.78 is 56.2. The lowest BCUT2D eigenvalue weighted by Gasteiger charge is -2.21. The van der Waals surface area contributed by atoms with E-state index in [4.69, 9.17) is 14.2 Å². The standard InChI is InChI=1S/C18H22FNO5S/c1-5-20(12-13-6-8-16(23-2)15(19)10-13)26(21,22)14-7-9-17(24-3)18(11-14)25-4/h6-11H,5,12H2,1-4H3. The van der Waals surface area contributed by atoms with Gasteiger partial charge in [-0.3, -0.25) is 0 Å². The van der Waals surface area contributed by atoms with E-state index in [9.17, 15) is 12.8 Å². The number of sulfonamides is 1. The van der Waals surface area contributed by atoms with Crippen molar-refractivity contribution in [2.45, 2.75) is 18.4 Å². The molecule has 6 nitrogen and oxygen atoms in total. The lowest BCUT2D eigenvalue weighted by atomic mass is 10.2. The molecule has 0 bridgehead atoms. The van der Waals surface area contributed by atoms with E-state index in [1.165, 1.54) is 56.0 Å². The van der Waals surface area contributed by atoms with Crippen molar-refractivity contribution in [2.75, 3.05) is 27.9 Å². The zero-order chi connectivity index (χ0) is 19.3. The normalized spacial score (nSPS) is 11.5. The fourth-order valence-electron chi connectivity index (χ4n) is 2.50.